The third-order valence-corrected chi connectivity index (χ3v) is 6.65. The van der Waals surface area contributed by atoms with Gasteiger partial charge in [0.05, 0.1) is 5.56 Å². The molecule has 1 N–H and O–H groups in total. The number of aryl methyl sites for hydroxylation is 1. The van der Waals surface area contributed by atoms with Crippen LogP contribution in [0.4, 0.5) is 4.79 Å². The molecule has 3 amide bonds. The molecule has 7 nitrogen and oxygen atoms in total. The van der Waals surface area contributed by atoms with Crippen LogP contribution in [0.5, 0.6) is 0 Å². The van der Waals surface area contributed by atoms with E-state index in [1.54, 1.807) is 6.20 Å². The van der Waals surface area contributed by atoms with Crippen LogP contribution in [0.15, 0.2) is 18.3 Å². The fourth-order valence-corrected chi connectivity index (χ4v) is 4.84. The van der Waals surface area contributed by atoms with Crippen molar-refractivity contribution in [1.29, 1.82) is 0 Å². The molecule has 4 rings (SSSR count). The lowest BCUT2D eigenvalue weighted by atomic mass is 9.94. The summed E-state index contributed by atoms with van der Waals surface area (Å²) in [6, 6.07) is 4.45. The fraction of sp³-hybridized carbons (Fsp3) is 0.682. The summed E-state index contributed by atoms with van der Waals surface area (Å²) in [4.78, 5) is 35.9. The minimum absolute atomic E-state index is 0.00431. The maximum Gasteiger partial charge on any atom is 0.317 e. The summed E-state index contributed by atoms with van der Waals surface area (Å²) < 4.78 is 0. The van der Waals surface area contributed by atoms with Crippen molar-refractivity contribution in [1.82, 2.24) is 25.0 Å². The summed E-state index contributed by atoms with van der Waals surface area (Å²) in [7, 11) is 0. The molecule has 1 aromatic rings. The summed E-state index contributed by atoms with van der Waals surface area (Å²) >= 11 is 0. The molecule has 0 spiro atoms. The molecule has 7 heteroatoms. The van der Waals surface area contributed by atoms with E-state index in [1.807, 2.05) is 28.9 Å². The van der Waals surface area contributed by atoms with Gasteiger partial charge in [-0.1, -0.05) is 19.3 Å². The monoisotopic (exact) mass is 399 g/mol. The molecule has 3 aliphatic rings. The Morgan fingerprint density at radius 3 is 2.41 bits per heavy atom. The number of amides is 3. The predicted molar refractivity (Wildman–Crippen MR) is 112 cm³/mol. The summed E-state index contributed by atoms with van der Waals surface area (Å²) in [5.41, 5.74) is 1.51. The standard InChI is InChI=1S/C22H33N5O2/c1-17-7-8-18(15-23-17)21(28)27-10-9-19(16-27)24-22(29)26-13-11-25(12-14-26)20-5-3-2-4-6-20/h7-8,15,19-20H,2-6,9-14,16H2,1H3,(H,24,29). The summed E-state index contributed by atoms with van der Waals surface area (Å²) in [6.45, 7) is 6.71. The van der Waals surface area contributed by atoms with Crippen LogP contribution in [-0.2, 0) is 0 Å². The Bertz CT molecular complexity index is 708. The van der Waals surface area contributed by atoms with Gasteiger partial charge < -0.3 is 15.1 Å². The van der Waals surface area contributed by atoms with Gasteiger partial charge in [-0.15, -0.1) is 0 Å². The molecule has 1 unspecified atom stereocenters. The summed E-state index contributed by atoms with van der Waals surface area (Å²) in [5.74, 6) is -0.00431. The SMILES string of the molecule is Cc1ccc(C(=O)N2CCC(NC(=O)N3CCN(C4CCCCC4)CC3)C2)cn1. The third-order valence-electron chi connectivity index (χ3n) is 6.65. The Balaban J connectivity index is 1.22. The van der Waals surface area contributed by atoms with E-state index in [0.717, 1.165) is 44.3 Å². The minimum atomic E-state index is -0.00431. The van der Waals surface area contributed by atoms with Crippen molar-refractivity contribution < 1.29 is 9.59 Å². The van der Waals surface area contributed by atoms with Gasteiger partial charge in [-0.05, 0) is 38.3 Å². The zero-order valence-electron chi connectivity index (χ0n) is 17.5. The first-order chi connectivity index (χ1) is 14.1. The van der Waals surface area contributed by atoms with Gasteiger partial charge in [-0.3, -0.25) is 14.7 Å². The van der Waals surface area contributed by atoms with Gasteiger partial charge >= 0.3 is 6.03 Å². The van der Waals surface area contributed by atoms with E-state index in [2.05, 4.69) is 15.2 Å². The van der Waals surface area contributed by atoms with Gasteiger partial charge in [-0.2, -0.15) is 0 Å². The molecule has 1 aliphatic carbocycles. The quantitative estimate of drug-likeness (QED) is 0.847. The first kappa shape index (κ1) is 20.1. The molecular weight excluding hydrogens is 366 g/mol. The van der Waals surface area contributed by atoms with Crippen LogP contribution in [0.25, 0.3) is 0 Å². The van der Waals surface area contributed by atoms with Gasteiger partial charge in [0, 0.05) is 63.2 Å². The van der Waals surface area contributed by atoms with Crippen LogP contribution in [0.3, 0.4) is 0 Å². The van der Waals surface area contributed by atoms with Crippen LogP contribution < -0.4 is 5.32 Å². The van der Waals surface area contributed by atoms with E-state index in [0.29, 0.717) is 18.7 Å². The molecule has 29 heavy (non-hydrogen) atoms. The zero-order valence-corrected chi connectivity index (χ0v) is 17.5. The highest BCUT2D eigenvalue weighted by molar-refractivity contribution is 5.94. The molecule has 2 saturated heterocycles. The van der Waals surface area contributed by atoms with Crippen molar-refractivity contribution in [2.75, 3.05) is 39.3 Å². The molecule has 3 fully saturated rings. The number of hydrogen-bond donors (Lipinski definition) is 1. The number of likely N-dealkylation sites (tertiary alicyclic amines) is 1. The number of rotatable bonds is 3. The van der Waals surface area contributed by atoms with E-state index in [-0.39, 0.29) is 18.0 Å². The molecule has 0 bridgehead atoms. The van der Waals surface area contributed by atoms with Gasteiger partial charge in [0.1, 0.15) is 0 Å². The maximum absolute atomic E-state index is 12.7. The lowest BCUT2D eigenvalue weighted by Crippen LogP contribution is -2.55. The van der Waals surface area contributed by atoms with Crippen molar-refractivity contribution in [3.63, 3.8) is 0 Å². The smallest absolute Gasteiger partial charge is 0.317 e. The third kappa shape index (κ3) is 4.89. The van der Waals surface area contributed by atoms with Crippen LogP contribution in [-0.4, -0.2) is 83.0 Å². The maximum atomic E-state index is 12.7. The van der Waals surface area contributed by atoms with E-state index >= 15 is 0 Å². The first-order valence-electron chi connectivity index (χ1n) is 11.1. The van der Waals surface area contributed by atoms with E-state index in [4.69, 9.17) is 0 Å². The minimum Gasteiger partial charge on any atom is -0.336 e. The predicted octanol–water partition coefficient (Wildman–Crippen LogP) is 2.26. The average Bonchev–Trinajstić information content (AvgIpc) is 3.23. The average molecular weight is 400 g/mol. The number of carbonyl (C=O) groups excluding carboxylic acids is 2. The van der Waals surface area contributed by atoms with Gasteiger partial charge in [0.15, 0.2) is 0 Å². The van der Waals surface area contributed by atoms with Crippen molar-refractivity contribution in [3.05, 3.63) is 29.6 Å². The highest BCUT2D eigenvalue weighted by atomic mass is 16.2. The highest BCUT2D eigenvalue weighted by Crippen LogP contribution is 2.23. The second kappa shape index (κ2) is 9.11. The van der Waals surface area contributed by atoms with E-state index in [9.17, 15) is 9.59 Å². The Hall–Kier alpha value is -2.15. The molecule has 3 heterocycles. The number of aromatic nitrogens is 1. The highest BCUT2D eigenvalue weighted by Gasteiger charge is 2.31. The van der Waals surface area contributed by atoms with Crippen LogP contribution in [0.2, 0.25) is 0 Å². The number of nitrogens with one attached hydrogen (secondary N) is 1. The molecule has 158 valence electrons. The number of carbonyl (C=O) groups is 2. The lowest BCUT2D eigenvalue weighted by Gasteiger charge is -2.40. The van der Waals surface area contributed by atoms with Crippen LogP contribution in [0, 0.1) is 6.92 Å². The Morgan fingerprint density at radius 2 is 1.72 bits per heavy atom. The number of pyridine rings is 1. The van der Waals surface area contributed by atoms with Crippen molar-refractivity contribution in [2.24, 2.45) is 0 Å². The zero-order chi connectivity index (χ0) is 20.2. The van der Waals surface area contributed by atoms with Crippen molar-refractivity contribution in [2.45, 2.75) is 57.5 Å². The molecule has 1 atom stereocenters. The van der Waals surface area contributed by atoms with Crippen molar-refractivity contribution >= 4 is 11.9 Å². The number of urea groups is 1. The van der Waals surface area contributed by atoms with Crippen molar-refractivity contribution in [3.8, 4) is 0 Å². The second-order valence-electron chi connectivity index (χ2n) is 8.69. The topological polar surface area (TPSA) is 68.8 Å². The Labute approximate surface area is 173 Å². The fourth-order valence-electron chi connectivity index (χ4n) is 4.84. The van der Waals surface area contributed by atoms with E-state index < -0.39 is 0 Å². The molecule has 1 saturated carbocycles. The molecule has 0 aromatic carbocycles. The molecule has 1 aromatic heterocycles. The van der Waals surface area contributed by atoms with Crippen LogP contribution in [0.1, 0.15) is 54.6 Å². The van der Waals surface area contributed by atoms with E-state index in [1.165, 1.54) is 32.1 Å². The number of piperazine rings is 1. The van der Waals surface area contributed by atoms with Gasteiger partial charge in [0.2, 0.25) is 0 Å². The van der Waals surface area contributed by atoms with Crippen LogP contribution >= 0.6 is 0 Å². The largest absolute Gasteiger partial charge is 0.336 e. The Morgan fingerprint density at radius 1 is 0.966 bits per heavy atom. The number of nitrogens with zero attached hydrogens (tertiary/aromatic N) is 4. The second-order valence-corrected chi connectivity index (χ2v) is 8.69. The Kier molecular flexibility index (Phi) is 6.33. The summed E-state index contributed by atoms with van der Waals surface area (Å²) in [5, 5.41) is 3.15. The van der Waals surface area contributed by atoms with Gasteiger partial charge in [-0.25, -0.2) is 4.79 Å². The lowest BCUT2D eigenvalue weighted by molar-refractivity contribution is 0.0785. The molecular formula is C22H33N5O2. The van der Waals surface area contributed by atoms with Gasteiger partial charge in [0.25, 0.3) is 5.91 Å². The first-order valence-corrected chi connectivity index (χ1v) is 11.1. The molecule has 2 aliphatic heterocycles. The normalized spacial score (nSPS) is 24.0. The number of hydrogen-bond acceptors (Lipinski definition) is 4. The summed E-state index contributed by atoms with van der Waals surface area (Å²) in [6.07, 6.45) is 9.14. The molecule has 0 radical (unpaired) electrons.